The lowest BCUT2D eigenvalue weighted by Crippen LogP contribution is -2.14. The summed E-state index contributed by atoms with van der Waals surface area (Å²) in [6.07, 6.45) is 22.1. The monoisotopic (exact) mass is 404 g/mol. The summed E-state index contributed by atoms with van der Waals surface area (Å²) in [4.78, 5) is 10.5. The highest BCUT2D eigenvalue weighted by Crippen LogP contribution is 2.13. The molecule has 0 aliphatic rings. The Bertz CT molecular complexity index is 310. The molecule has 0 aliphatic carbocycles. The predicted octanol–water partition coefficient (Wildman–Crippen LogP) is 8.28. The van der Waals surface area contributed by atoms with Crippen LogP contribution in [0.15, 0.2) is 0 Å². The standard InChI is InChI=1S/C23H45ClO3/c1-3-4-5-6-7-8-9-10-11-12-13-14-15-16-17-18-19-26-20-22(2)21-27-23(24)25/h22H,3-21H2,1-2H3. The summed E-state index contributed by atoms with van der Waals surface area (Å²) >= 11 is 5.13. The maximum absolute atomic E-state index is 10.5. The van der Waals surface area contributed by atoms with Gasteiger partial charge in [0.1, 0.15) is 0 Å². The van der Waals surface area contributed by atoms with Gasteiger partial charge < -0.3 is 9.47 Å². The first kappa shape index (κ1) is 26.7. The third-order valence-corrected chi connectivity index (χ3v) is 5.14. The molecule has 27 heavy (non-hydrogen) atoms. The van der Waals surface area contributed by atoms with Crippen molar-refractivity contribution in [1.29, 1.82) is 0 Å². The maximum Gasteiger partial charge on any atom is 0.403 e. The first-order valence-corrected chi connectivity index (χ1v) is 11.9. The minimum Gasteiger partial charge on any atom is -0.453 e. The summed E-state index contributed by atoms with van der Waals surface area (Å²) in [7, 11) is 0. The van der Waals surface area contributed by atoms with Gasteiger partial charge in [-0.1, -0.05) is 110 Å². The van der Waals surface area contributed by atoms with E-state index in [0.717, 1.165) is 13.0 Å². The first-order chi connectivity index (χ1) is 13.2. The van der Waals surface area contributed by atoms with Gasteiger partial charge >= 0.3 is 5.43 Å². The molecule has 162 valence electrons. The third-order valence-electron chi connectivity index (χ3n) is 5.03. The van der Waals surface area contributed by atoms with E-state index in [1.807, 2.05) is 6.92 Å². The van der Waals surface area contributed by atoms with E-state index < -0.39 is 5.43 Å². The fraction of sp³-hybridized carbons (Fsp3) is 0.957. The zero-order chi connectivity index (χ0) is 20.0. The number of halogens is 1. The fourth-order valence-electron chi connectivity index (χ4n) is 3.29. The Morgan fingerprint density at radius 3 is 1.52 bits per heavy atom. The van der Waals surface area contributed by atoms with Crippen molar-refractivity contribution >= 4 is 17.0 Å². The van der Waals surface area contributed by atoms with E-state index in [1.54, 1.807) is 0 Å². The Labute approximate surface area is 173 Å². The predicted molar refractivity (Wildman–Crippen MR) is 117 cm³/mol. The van der Waals surface area contributed by atoms with E-state index in [2.05, 4.69) is 6.92 Å². The molecule has 3 nitrogen and oxygen atoms in total. The van der Waals surface area contributed by atoms with Crippen LogP contribution in [0.25, 0.3) is 0 Å². The van der Waals surface area contributed by atoms with Gasteiger partial charge in [0.05, 0.1) is 13.2 Å². The van der Waals surface area contributed by atoms with Crippen molar-refractivity contribution < 1.29 is 14.3 Å². The molecule has 0 aromatic heterocycles. The van der Waals surface area contributed by atoms with Gasteiger partial charge in [-0.25, -0.2) is 4.79 Å². The number of rotatable bonds is 21. The average molecular weight is 405 g/mol. The molecule has 0 aliphatic heterocycles. The number of unbranched alkanes of at least 4 members (excludes halogenated alkanes) is 15. The van der Waals surface area contributed by atoms with E-state index in [4.69, 9.17) is 21.1 Å². The van der Waals surface area contributed by atoms with E-state index in [-0.39, 0.29) is 5.92 Å². The Kier molecular flexibility index (Phi) is 21.8. The number of carbonyl (C=O) groups excluding carboxylic acids is 1. The smallest absolute Gasteiger partial charge is 0.403 e. The van der Waals surface area contributed by atoms with Gasteiger partial charge in [-0.15, -0.1) is 0 Å². The van der Waals surface area contributed by atoms with Crippen LogP contribution in [0.3, 0.4) is 0 Å². The number of hydrogen-bond donors (Lipinski definition) is 0. The van der Waals surface area contributed by atoms with Crippen molar-refractivity contribution in [3.8, 4) is 0 Å². The van der Waals surface area contributed by atoms with Gasteiger partial charge in [-0.2, -0.15) is 0 Å². The number of ether oxygens (including phenoxy) is 2. The Morgan fingerprint density at radius 2 is 1.11 bits per heavy atom. The van der Waals surface area contributed by atoms with Gasteiger partial charge in [-0.05, 0) is 6.42 Å². The molecule has 0 N–H and O–H groups in total. The van der Waals surface area contributed by atoms with Crippen LogP contribution in [0, 0.1) is 5.92 Å². The molecule has 0 bridgehead atoms. The molecule has 0 fully saturated rings. The Balaban J connectivity index is 3.08. The molecule has 0 rings (SSSR count). The summed E-state index contributed by atoms with van der Waals surface area (Å²) in [5.74, 6) is 0.203. The topological polar surface area (TPSA) is 35.5 Å². The molecule has 1 atom stereocenters. The van der Waals surface area contributed by atoms with Crippen LogP contribution in [0.4, 0.5) is 4.79 Å². The molecule has 0 aromatic rings. The van der Waals surface area contributed by atoms with Crippen molar-refractivity contribution in [2.45, 2.75) is 117 Å². The third kappa shape index (κ3) is 23.7. The lowest BCUT2D eigenvalue weighted by molar-refractivity contribution is 0.0718. The summed E-state index contributed by atoms with van der Waals surface area (Å²) in [6, 6.07) is 0. The van der Waals surface area contributed by atoms with Crippen molar-refractivity contribution in [1.82, 2.24) is 0 Å². The van der Waals surface area contributed by atoms with Crippen LogP contribution < -0.4 is 0 Å². The minimum absolute atomic E-state index is 0.203. The zero-order valence-electron chi connectivity index (χ0n) is 18.1. The molecule has 1 unspecified atom stereocenters. The Morgan fingerprint density at radius 1 is 0.704 bits per heavy atom. The van der Waals surface area contributed by atoms with Gasteiger partial charge in [0, 0.05) is 24.1 Å². The van der Waals surface area contributed by atoms with Gasteiger partial charge in [-0.3, -0.25) is 0 Å². The normalized spacial score (nSPS) is 12.3. The maximum atomic E-state index is 10.5. The molecular formula is C23H45ClO3. The van der Waals surface area contributed by atoms with Crippen molar-refractivity contribution in [2.24, 2.45) is 5.92 Å². The summed E-state index contributed by atoms with van der Waals surface area (Å²) in [6.45, 7) is 6.04. The minimum atomic E-state index is -0.736. The summed E-state index contributed by atoms with van der Waals surface area (Å²) < 4.78 is 10.4. The number of carbonyl (C=O) groups is 1. The fourth-order valence-corrected chi connectivity index (χ4v) is 3.36. The summed E-state index contributed by atoms with van der Waals surface area (Å²) in [5.41, 5.74) is -0.736. The molecule has 4 heteroatoms. The lowest BCUT2D eigenvalue weighted by atomic mass is 10.0. The first-order valence-electron chi connectivity index (χ1n) is 11.6. The van der Waals surface area contributed by atoms with Gasteiger partial charge in [0.15, 0.2) is 0 Å². The average Bonchev–Trinajstić information content (AvgIpc) is 2.65. The zero-order valence-corrected chi connectivity index (χ0v) is 18.9. The molecule has 0 radical (unpaired) electrons. The highest BCUT2D eigenvalue weighted by atomic mass is 35.5. The second-order valence-electron chi connectivity index (χ2n) is 8.03. The van der Waals surface area contributed by atoms with Gasteiger partial charge in [0.25, 0.3) is 0 Å². The quantitative estimate of drug-likeness (QED) is 0.142. The van der Waals surface area contributed by atoms with E-state index in [9.17, 15) is 4.79 Å². The SMILES string of the molecule is CCCCCCCCCCCCCCCCCCOCC(C)COC(=O)Cl. The highest BCUT2D eigenvalue weighted by Gasteiger charge is 2.05. The van der Waals surface area contributed by atoms with Crippen molar-refractivity contribution in [2.75, 3.05) is 19.8 Å². The molecule has 0 saturated carbocycles. The van der Waals surface area contributed by atoms with Crippen LogP contribution in [-0.4, -0.2) is 25.2 Å². The molecule has 0 aromatic carbocycles. The van der Waals surface area contributed by atoms with E-state index in [1.165, 1.54) is 96.3 Å². The molecular weight excluding hydrogens is 360 g/mol. The van der Waals surface area contributed by atoms with Crippen LogP contribution >= 0.6 is 11.6 Å². The van der Waals surface area contributed by atoms with Crippen LogP contribution in [-0.2, 0) is 9.47 Å². The molecule has 0 spiro atoms. The number of hydrogen-bond acceptors (Lipinski definition) is 3. The van der Waals surface area contributed by atoms with Crippen LogP contribution in [0.2, 0.25) is 0 Å². The molecule has 0 saturated heterocycles. The highest BCUT2D eigenvalue weighted by molar-refractivity contribution is 6.61. The van der Waals surface area contributed by atoms with E-state index in [0.29, 0.717) is 13.2 Å². The van der Waals surface area contributed by atoms with Crippen molar-refractivity contribution in [3.63, 3.8) is 0 Å². The summed E-state index contributed by atoms with van der Waals surface area (Å²) in [5, 5.41) is 0. The van der Waals surface area contributed by atoms with Gasteiger partial charge in [0.2, 0.25) is 0 Å². The Hall–Kier alpha value is -0.280. The molecule has 0 amide bonds. The second kappa shape index (κ2) is 22.0. The second-order valence-corrected chi connectivity index (χ2v) is 8.34. The van der Waals surface area contributed by atoms with E-state index >= 15 is 0 Å². The van der Waals surface area contributed by atoms with Crippen LogP contribution in [0.5, 0.6) is 0 Å². The largest absolute Gasteiger partial charge is 0.453 e. The lowest BCUT2D eigenvalue weighted by Gasteiger charge is -2.11. The molecule has 0 heterocycles. The van der Waals surface area contributed by atoms with Crippen molar-refractivity contribution in [3.05, 3.63) is 0 Å². The van der Waals surface area contributed by atoms with Crippen LogP contribution in [0.1, 0.15) is 117 Å².